The largest absolute Gasteiger partial charge is 0.508 e. The molecular weight excluding hydrogens is 200 g/mol. The summed E-state index contributed by atoms with van der Waals surface area (Å²) in [5.41, 5.74) is 2.51. The van der Waals surface area contributed by atoms with Gasteiger partial charge in [-0.25, -0.2) is 0 Å². The van der Waals surface area contributed by atoms with Crippen molar-refractivity contribution in [3.05, 3.63) is 42.0 Å². The molecule has 0 radical (unpaired) electrons. The molecule has 0 spiro atoms. The maximum Gasteiger partial charge on any atom is 0.116 e. The van der Waals surface area contributed by atoms with Crippen LogP contribution in [0.1, 0.15) is 5.56 Å². The molecule has 0 aliphatic rings. The van der Waals surface area contributed by atoms with E-state index < -0.39 is 0 Å². The molecule has 0 fully saturated rings. The van der Waals surface area contributed by atoms with Gasteiger partial charge in [0.2, 0.25) is 0 Å². The summed E-state index contributed by atoms with van der Waals surface area (Å²) in [6.45, 7) is 0. The molecule has 2 N–H and O–H groups in total. The second-order valence-corrected chi connectivity index (χ2v) is 3.73. The minimum absolute atomic E-state index is 0.248. The summed E-state index contributed by atoms with van der Waals surface area (Å²) in [7, 11) is 0. The van der Waals surface area contributed by atoms with E-state index in [0.29, 0.717) is 5.56 Å². The van der Waals surface area contributed by atoms with Gasteiger partial charge in [-0.05, 0) is 30.3 Å². The zero-order valence-corrected chi connectivity index (χ0v) is 8.36. The van der Waals surface area contributed by atoms with E-state index in [2.05, 4.69) is 11.1 Å². The number of H-pyrrole nitrogens is 1. The average molecular weight is 208 g/mol. The second kappa shape index (κ2) is 3.01. The van der Waals surface area contributed by atoms with Crippen molar-refractivity contribution in [1.29, 1.82) is 5.26 Å². The SMILES string of the molecule is N#Cc1ccc2c(c1)[nH]c1ccc(O)cc12. The first-order valence-corrected chi connectivity index (χ1v) is 4.92. The normalized spacial score (nSPS) is 10.7. The van der Waals surface area contributed by atoms with Crippen LogP contribution in [-0.4, -0.2) is 10.1 Å². The van der Waals surface area contributed by atoms with E-state index in [9.17, 15) is 5.11 Å². The van der Waals surface area contributed by atoms with Gasteiger partial charge in [0.1, 0.15) is 5.75 Å². The molecule has 0 amide bonds. The summed E-state index contributed by atoms with van der Waals surface area (Å²) in [6, 6.07) is 12.8. The fraction of sp³-hybridized carbons (Fsp3) is 0. The lowest BCUT2D eigenvalue weighted by molar-refractivity contribution is 0.476. The lowest BCUT2D eigenvalue weighted by Crippen LogP contribution is -1.73. The Kier molecular flexibility index (Phi) is 1.66. The van der Waals surface area contributed by atoms with Crippen molar-refractivity contribution in [2.45, 2.75) is 0 Å². The van der Waals surface area contributed by atoms with E-state index in [1.54, 1.807) is 18.2 Å². The van der Waals surface area contributed by atoms with Gasteiger partial charge >= 0.3 is 0 Å². The smallest absolute Gasteiger partial charge is 0.116 e. The Morgan fingerprint density at radius 3 is 2.69 bits per heavy atom. The van der Waals surface area contributed by atoms with Gasteiger partial charge in [-0.15, -0.1) is 0 Å². The summed E-state index contributed by atoms with van der Waals surface area (Å²) in [5.74, 6) is 0.248. The average Bonchev–Trinajstić information content (AvgIpc) is 2.66. The Morgan fingerprint density at radius 2 is 1.88 bits per heavy atom. The van der Waals surface area contributed by atoms with Crippen molar-refractivity contribution in [3.8, 4) is 11.8 Å². The predicted octanol–water partition coefficient (Wildman–Crippen LogP) is 2.90. The second-order valence-electron chi connectivity index (χ2n) is 3.73. The Morgan fingerprint density at radius 1 is 1.00 bits per heavy atom. The molecule has 0 bridgehead atoms. The number of rotatable bonds is 0. The van der Waals surface area contributed by atoms with E-state index in [-0.39, 0.29) is 5.75 Å². The third-order valence-corrected chi connectivity index (χ3v) is 2.71. The Balaban J connectivity index is 2.47. The molecule has 16 heavy (non-hydrogen) atoms. The molecule has 0 saturated carbocycles. The summed E-state index contributed by atoms with van der Waals surface area (Å²) in [6.07, 6.45) is 0. The highest BCUT2D eigenvalue weighted by molar-refractivity contribution is 6.07. The molecule has 1 heterocycles. The zero-order chi connectivity index (χ0) is 11.1. The molecule has 1 aromatic heterocycles. The van der Waals surface area contributed by atoms with Crippen LogP contribution in [0.25, 0.3) is 21.8 Å². The fourth-order valence-corrected chi connectivity index (χ4v) is 1.96. The van der Waals surface area contributed by atoms with Gasteiger partial charge in [-0.2, -0.15) is 5.26 Å². The molecule has 0 atom stereocenters. The molecule has 3 rings (SSSR count). The number of phenolic OH excluding ortho intramolecular Hbond substituents is 1. The van der Waals surface area contributed by atoms with Gasteiger partial charge in [0.15, 0.2) is 0 Å². The van der Waals surface area contributed by atoms with Crippen LogP contribution in [0.5, 0.6) is 5.75 Å². The van der Waals surface area contributed by atoms with Crippen molar-refractivity contribution < 1.29 is 5.11 Å². The van der Waals surface area contributed by atoms with Crippen LogP contribution < -0.4 is 0 Å². The van der Waals surface area contributed by atoms with Crippen LogP contribution in [-0.2, 0) is 0 Å². The highest BCUT2D eigenvalue weighted by Crippen LogP contribution is 2.28. The van der Waals surface area contributed by atoms with Gasteiger partial charge in [-0.3, -0.25) is 0 Å². The van der Waals surface area contributed by atoms with E-state index in [1.165, 1.54) is 0 Å². The molecule has 0 aliphatic heterocycles. The van der Waals surface area contributed by atoms with Crippen LogP contribution >= 0.6 is 0 Å². The first-order valence-electron chi connectivity index (χ1n) is 4.92. The highest BCUT2D eigenvalue weighted by Gasteiger charge is 2.05. The number of nitriles is 1. The quantitative estimate of drug-likeness (QED) is 0.596. The number of fused-ring (bicyclic) bond motifs is 3. The summed E-state index contributed by atoms with van der Waals surface area (Å²) in [4.78, 5) is 3.22. The summed E-state index contributed by atoms with van der Waals surface area (Å²) < 4.78 is 0. The molecule has 0 unspecified atom stereocenters. The number of nitrogens with zero attached hydrogens (tertiary/aromatic N) is 1. The number of nitrogens with one attached hydrogen (secondary N) is 1. The number of aromatic hydroxyl groups is 1. The van der Waals surface area contributed by atoms with Crippen LogP contribution in [0, 0.1) is 11.3 Å². The van der Waals surface area contributed by atoms with Crippen LogP contribution in [0.15, 0.2) is 36.4 Å². The predicted molar refractivity (Wildman–Crippen MR) is 62.2 cm³/mol. The van der Waals surface area contributed by atoms with E-state index >= 15 is 0 Å². The van der Waals surface area contributed by atoms with Gasteiger partial charge in [-0.1, -0.05) is 6.07 Å². The van der Waals surface area contributed by atoms with Crippen LogP contribution in [0.4, 0.5) is 0 Å². The number of aromatic nitrogens is 1. The number of aromatic amines is 1. The summed E-state index contributed by atoms with van der Waals surface area (Å²) >= 11 is 0. The monoisotopic (exact) mass is 208 g/mol. The number of hydrogen-bond donors (Lipinski definition) is 2. The molecule has 3 aromatic rings. The molecule has 2 aromatic carbocycles. The maximum absolute atomic E-state index is 9.44. The number of benzene rings is 2. The minimum Gasteiger partial charge on any atom is -0.508 e. The third-order valence-electron chi connectivity index (χ3n) is 2.71. The lowest BCUT2D eigenvalue weighted by atomic mass is 10.1. The van der Waals surface area contributed by atoms with Crippen LogP contribution in [0.2, 0.25) is 0 Å². The van der Waals surface area contributed by atoms with E-state index in [1.807, 2.05) is 18.2 Å². The first-order chi connectivity index (χ1) is 7.78. The van der Waals surface area contributed by atoms with Crippen molar-refractivity contribution in [2.75, 3.05) is 0 Å². The Hall–Kier alpha value is -2.47. The van der Waals surface area contributed by atoms with Crippen molar-refractivity contribution >= 4 is 21.8 Å². The van der Waals surface area contributed by atoms with Crippen LogP contribution in [0.3, 0.4) is 0 Å². The van der Waals surface area contributed by atoms with Crippen molar-refractivity contribution in [1.82, 2.24) is 4.98 Å². The summed E-state index contributed by atoms with van der Waals surface area (Å²) in [5, 5.41) is 20.2. The molecule has 3 heteroatoms. The number of hydrogen-bond acceptors (Lipinski definition) is 2. The van der Waals surface area contributed by atoms with Gasteiger partial charge in [0.25, 0.3) is 0 Å². The van der Waals surface area contributed by atoms with Gasteiger partial charge in [0.05, 0.1) is 11.6 Å². The minimum atomic E-state index is 0.248. The van der Waals surface area contributed by atoms with Gasteiger partial charge < -0.3 is 10.1 Å². The molecule has 3 nitrogen and oxygen atoms in total. The standard InChI is InChI=1S/C13H8N2O/c14-7-8-1-3-10-11-6-9(16)2-4-12(11)15-13(10)5-8/h1-6,15-16H. The maximum atomic E-state index is 9.44. The topological polar surface area (TPSA) is 59.8 Å². The van der Waals surface area contributed by atoms with Gasteiger partial charge in [0, 0.05) is 21.8 Å². The fourth-order valence-electron chi connectivity index (χ4n) is 1.96. The Labute approximate surface area is 91.6 Å². The number of phenols is 1. The molecular formula is C13H8N2O. The lowest BCUT2D eigenvalue weighted by Gasteiger charge is -1.92. The molecule has 0 saturated heterocycles. The third kappa shape index (κ3) is 1.14. The zero-order valence-electron chi connectivity index (χ0n) is 8.36. The van der Waals surface area contributed by atoms with E-state index in [4.69, 9.17) is 5.26 Å². The Bertz CT molecular complexity index is 735. The van der Waals surface area contributed by atoms with Crippen molar-refractivity contribution in [3.63, 3.8) is 0 Å². The van der Waals surface area contributed by atoms with Crippen molar-refractivity contribution in [2.24, 2.45) is 0 Å². The molecule has 76 valence electrons. The first kappa shape index (κ1) is 8.81. The highest BCUT2D eigenvalue weighted by atomic mass is 16.3. The van der Waals surface area contributed by atoms with E-state index in [0.717, 1.165) is 21.8 Å². The molecule has 0 aliphatic carbocycles.